The lowest BCUT2D eigenvalue weighted by atomic mass is 10.1. The first-order chi connectivity index (χ1) is 13.9. The van der Waals surface area contributed by atoms with Crippen LogP contribution < -0.4 is 4.74 Å². The number of aromatic nitrogens is 2. The fourth-order valence-electron chi connectivity index (χ4n) is 3.04. The van der Waals surface area contributed by atoms with E-state index in [1.807, 2.05) is 25.1 Å². The maximum Gasteiger partial charge on any atom is 0.166 e. The topological polar surface area (TPSA) is 90.7 Å². The number of benzene rings is 3. The molecule has 1 aromatic heterocycles. The molecule has 0 aliphatic rings. The van der Waals surface area contributed by atoms with Gasteiger partial charge >= 0.3 is 0 Å². The van der Waals surface area contributed by atoms with E-state index in [0.29, 0.717) is 28.4 Å². The van der Waals surface area contributed by atoms with Gasteiger partial charge in [-0.1, -0.05) is 22.0 Å². The molecule has 0 saturated heterocycles. The number of aromatic hydroxyl groups is 2. The first kappa shape index (κ1) is 19.0. The van der Waals surface area contributed by atoms with Gasteiger partial charge in [-0.15, -0.1) is 0 Å². The Balaban J connectivity index is 1.72. The van der Waals surface area contributed by atoms with Crippen molar-refractivity contribution in [1.29, 1.82) is 0 Å². The van der Waals surface area contributed by atoms with Crippen LogP contribution >= 0.6 is 15.9 Å². The number of methoxy groups -OCH3 is 1. The van der Waals surface area contributed by atoms with Crippen LogP contribution in [0.25, 0.3) is 22.4 Å². The molecule has 0 atom stereocenters. The van der Waals surface area contributed by atoms with Gasteiger partial charge in [0.15, 0.2) is 11.5 Å². The largest absolute Gasteiger partial charge is 0.507 e. The molecule has 0 bridgehead atoms. The molecule has 29 heavy (non-hydrogen) atoms. The van der Waals surface area contributed by atoms with Crippen molar-refractivity contribution in [2.75, 3.05) is 7.11 Å². The Hall–Kier alpha value is -3.32. The number of imidazole rings is 1. The standard InChI is InChI=1S/C22H18BrN3O3/c1-12-3-5-17-18(7-12)26-22(25-17)16-10-15(4-6-19(16)27)24-11-13-8-14(23)9-20(29-2)21(13)28/h3-11,27-28H,1-2H3,(H,25,26). The number of phenolic OH excluding ortho intramolecular Hbond substituents is 2. The Kier molecular flexibility index (Phi) is 4.98. The molecule has 0 aliphatic carbocycles. The third-order valence-electron chi connectivity index (χ3n) is 4.51. The van der Waals surface area contributed by atoms with E-state index in [4.69, 9.17) is 4.74 Å². The summed E-state index contributed by atoms with van der Waals surface area (Å²) in [7, 11) is 1.49. The number of aromatic amines is 1. The SMILES string of the molecule is COc1cc(Br)cc(C=Nc2ccc(O)c(-c3nc4ccc(C)cc4[nH]3)c2)c1O. The second kappa shape index (κ2) is 7.60. The lowest BCUT2D eigenvalue weighted by Crippen LogP contribution is -1.89. The fourth-order valence-corrected chi connectivity index (χ4v) is 3.49. The second-order valence-corrected chi connectivity index (χ2v) is 7.53. The minimum absolute atomic E-state index is 0.00565. The summed E-state index contributed by atoms with van der Waals surface area (Å²) < 4.78 is 5.92. The Morgan fingerprint density at radius 1 is 1.10 bits per heavy atom. The van der Waals surface area contributed by atoms with Crippen molar-refractivity contribution in [2.24, 2.45) is 4.99 Å². The molecule has 0 unspecified atom stereocenters. The van der Waals surface area contributed by atoms with Gasteiger partial charge in [0.25, 0.3) is 0 Å². The van der Waals surface area contributed by atoms with E-state index in [2.05, 4.69) is 30.9 Å². The van der Waals surface area contributed by atoms with E-state index in [1.165, 1.54) is 7.11 Å². The Morgan fingerprint density at radius 2 is 1.93 bits per heavy atom. The summed E-state index contributed by atoms with van der Waals surface area (Å²) in [4.78, 5) is 12.2. The number of H-pyrrole nitrogens is 1. The molecule has 3 N–H and O–H groups in total. The van der Waals surface area contributed by atoms with Crippen molar-refractivity contribution in [2.45, 2.75) is 6.92 Å². The maximum atomic E-state index is 10.3. The molecule has 1 heterocycles. The molecule has 0 spiro atoms. The van der Waals surface area contributed by atoms with Gasteiger partial charge in [-0.05, 0) is 55.0 Å². The Bertz CT molecular complexity index is 1250. The van der Waals surface area contributed by atoms with Crippen LogP contribution in [0.3, 0.4) is 0 Å². The zero-order valence-electron chi connectivity index (χ0n) is 15.8. The number of ether oxygens (including phenoxy) is 1. The zero-order valence-corrected chi connectivity index (χ0v) is 17.4. The average Bonchev–Trinajstić information content (AvgIpc) is 3.12. The van der Waals surface area contributed by atoms with Crippen molar-refractivity contribution in [3.63, 3.8) is 0 Å². The Labute approximate surface area is 175 Å². The smallest absolute Gasteiger partial charge is 0.166 e. The number of aliphatic imine (C=N–C) groups is 1. The predicted molar refractivity (Wildman–Crippen MR) is 118 cm³/mol. The van der Waals surface area contributed by atoms with Crippen molar-refractivity contribution in [1.82, 2.24) is 9.97 Å². The van der Waals surface area contributed by atoms with Gasteiger partial charge in [0.2, 0.25) is 0 Å². The molecule has 146 valence electrons. The van der Waals surface area contributed by atoms with Crippen LogP contribution in [0, 0.1) is 6.92 Å². The van der Waals surface area contributed by atoms with E-state index in [9.17, 15) is 10.2 Å². The predicted octanol–water partition coefficient (Wildman–Crippen LogP) is 5.47. The first-order valence-electron chi connectivity index (χ1n) is 8.85. The number of nitrogens with zero attached hydrogens (tertiary/aromatic N) is 2. The number of hydrogen-bond donors (Lipinski definition) is 3. The molecule has 0 amide bonds. The second-order valence-electron chi connectivity index (χ2n) is 6.61. The number of phenols is 2. The molecule has 0 fully saturated rings. The van der Waals surface area contributed by atoms with Crippen LogP contribution in [-0.2, 0) is 0 Å². The van der Waals surface area contributed by atoms with Crippen molar-refractivity contribution >= 4 is 38.9 Å². The normalized spacial score (nSPS) is 11.4. The quantitative estimate of drug-likeness (QED) is 0.358. The molecular formula is C22H18BrN3O3. The summed E-state index contributed by atoms with van der Waals surface area (Å²) in [6.07, 6.45) is 1.54. The van der Waals surface area contributed by atoms with Gasteiger partial charge in [0.05, 0.1) is 29.4 Å². The first-order valence-corrected chi connectivity index (χ1v) is 9.64. The average molecular weight is 452 g/mol. The summed E-state index contributed by atoms with van der Waals surface area (Å²) in [5.74, 6) is 1.02. The highest BCUT2D eigenvalue weighted by atomic mass is 79.9. The van der Waals surface area contributed by atoms with E-state index in [1.54, 1.807) is 36.5 Å². The number of aryl methyl sites for hydroxylation is 1. The number of nitrogens with one attached hydrogen (secondary N) is 1. The molecule has 4 aromatic rings. The molecule has 0 saturated carbocycles. The summed E-state index contributed by atoms with van der Waals surface area (Å²) >= 11 is 3.39. The van der Waals surface area contributed by atoms with Gasteiger partial charge in [-0.25, -0.2) is 4.98 Å². The molecule has 7 heteroatoms. The van der Waals surface area contributed by atoms with Crippen molar-refractivity contribution in [3.8, 4) is 28.6 Å². The van der Waals surface area contributed by atoms with E-state index < -0.39 is 0 Å². The van der Waals surface area contributed by atoms with E-state index in [-0.39, 0.29) is 11.5 Å². The van der Waals surface area contributed by atoms with Crippen LogP contribution in [0.5, 0.6) is 17.2 Å². The highest BCUT2D eigenvalue weighted by Crippen LogP contribution is 2.34. The maximum absolute atomic E-state index is 10.3. The number of halogens is 1. The molecule has 3 aromatic carbocycles. The summed E-state index contributed by atoms with van der Waals surface area (Å²) in [6.45, 7) is 2.01. The summed E-state index contributed by atoms with van der Waals surface area (Å²) in [5.41, 5.74) is 4.51. The third-order valence-corrected chi connectivity index (χ3v) is 4.97. The molecule has 0 aliphatic heterocycles. The highest BCUT2D eigenvalue weighted by molar-refractivity contribution is 9.10. The summed E-state index contributed by atoms with van der Waals surface area (Å²) in [6, 6.07) is 14.4. The molecular weight excluding hydrogens is 434 g/mol. The number of rotatable bonds is 4. The Morgan fingerprint density at radius 3 is 2.72 bits per heavy atom. The van der Waals surface area contributed by atoms with Crippen molar-refractivity contribution < 1.29 is 14.9 Å². The lowest BCUT2D eigenvalue weighted by molar-refractivity contribution is 0.373. The van der Waals surface area contributed by atoms with Gasteiger partial charge in [0.1, 0.15) is 11.6 Å². The monoisotopic (exact) mass is 451 g/mol. The van der Waals surface area contributed by atoms with Crippen LogP contribution in [0.1, 0.15) is 11.1 Å². The van der Waals surface area contributed by atoms with E-state index in [0.717, 1.165) is 21.1 Å². The fraction of sp³-hybridized carbons (Fsp3) is 0.0909. The van der Waals surface area contributed by atoms with Gasteiger partial charge in [0, 0.05) is 16.3 Å². The lowest BCUT2D eigenvalue weighted by Gasteiger charge is -2.07. The number of hydrogen-bond acceptors (Lipinski definition) is 5. The van der Waals surface area contributed by atoms with E-state index >= 15 is 0 Å². The van der Waals surface area contributed by atoms with Gasteiger partial charge in [-0.2, -0.15) is 0 Å². The van der Waals surface area contributed by atoms with Crippen molar-refractivity contribution in [3.05, 3.63) is 64.1 Å². The molecule has 4 rings (SSSR count). The minimum atomic E-state index is 0.00565. The van der Waals surface area contributed by atoms with Crippen LogP contribution in [0.15, 0.2) is 58.0 Å². The number of fused-ring (bicyclic) bond motifs is 1. The van der Waals surface area contributed by atoms with Gasteiger partial charge in [-0.3, -0.25) is 4.99 Å². The third kappa shape index (κ3) is 3.82. The van der Waals surface area contributed by atoms with Gasteiger partial charge < -0.3 is 19.9 Å². The van der Waals surface area contributed by atoms with Crippen LogP contribution in [0.2, 0.25) is 0 Å². The summed E-state index contributed by atoms with van der Waals surface area (Å²) in [5, 5.41) is 20.6. The molecule has 6 nitrogen and oxygen atoms in total. The zero-order chi connectivity index (χ0) is 20.5. The van der Waals surface area contributed by atoms with Crippen LogP contribution in [0.4, 0.5) is 5.69 Å². The highest BCUT2D eigenvalue weighted by Gasteiger charge is 2.12. The minimum Gasteiger partial charge on any atom is -0.507 e. The van der Waals surface area contributed by atoms with Crippen LogP contribution in [-0.4, -0.2) is 33.5 Å². The molecule has 0 radical (unpaired) electrons.